The second-order valence-corrected chi connectivity index (χ2v) is 10.0. The third-order valence-electron chi connectivity index (χ3n) is 6.81. The summed E-state index contributed by atoms with van der Waals surface area (Å²) in [4.78, 5) is 22.4. The van der Waals surface area contributed by atoms with Crippen LogP contribution >= 0.6 is 0 Å². The molecule has 1 aliphatic rings. The molecule has 2 aromatic carbocycles. The van der Waals surface area contributed by atoms with Gasteiger partial charge in [0.15, 0.2) is 0 Å². The van der Waals surface area contributed by atoms with Gasteiger partial charge in [0.05, 0.1) is 23.2 Å². The Kier molecular flexibility index (Phi) is 7.07. The lowest BCUT2D eigenvalue weighted by Crippen LogP contribution is -2.41. The van der Waals surface area contributed by atoms with Crippen molar-refractivity contribution in [2.45, 2.75) is 64.1 Å². The number of likely N-dealkylation sites (tertiary alicyclic amines) is 1. The summed E-state index contributed by atoms with van der Waals surface area (Å²) in [5.41, 5.74) is -2.68. The Labute approximate surface area is 213 Å². The number of halogens is 3. The van der Waals surface area contributed by atoms with Crippen LogP contribution in [0.25, 0.3) is 10.9 Å². The van der Waals surface area contributed by atoms with Gasteiger partial charge in [0.1, 0.15) is 35.4 Å². The zero-order valence-electron chi connectivity index (χ0n) is 21.5. The van der Waals surface area contributed by atoms with Crippen LogP contribution in [0.5, 0.6) is 5.75 Å². The molecule has 0 aliphatic carbocycles. The lowest BCUT2D eigenvalue weighted by atomic mass is 9.91. The number of fused-ring (bicyclic) bond motifs is 1. The summed E-state index contributed by atoms with van der Waals surface area (Å²) in [5.74, 6) is -3.37. The highest BCUT2D eigenvalue weighted by Crippen LogP contribution is 2.41. The van der Waals surface area contributed by atoms with Gasteiger partial charge in [-0.25, -0.2) is 14.4 Å². The maximum Gasteiger partial charge on any atom is 0.303 e. The number of nitrogens with zero attached hydrogens (tertiary/aromatic N) is 3. The smallest absolute Gasteiger partial charge is 0.303 e. The van der Waals surface area contributed by atoms with E-state index < -0.39 is 28.9 Å². The number of likely N-dealkylation sites (N-methyl/N-ethyl adjacent to an activating group) is 1. The molecule has 1 aliphatic heterocycles. The number of amides is 1. The molecular formula is C27H31F3N4O3. The molecule has 1 saturated heterocycles. The molecule has 2 heterocycles. The fraction of sp³-hybridized carbons (Fsp3) is 0.444. The highest BCUT2D eigenvalue weighted by Gasteiger charge is 2.49. The average molecular weight is 517 g/mol. The molecule has 0 saturated carbocycles. The second-order valence-electron chi connectivity index (χ2n) is 10.0. The van der Waals surface area contributed by atoms with Crippen molar-refractivity contribution in [2.24, 2.45) is 0 Å². The Bertz CT molecular complexity index is 1330. The third-order valence-corrected chi connectivity index (χ3v) is 6.81. The minimum absolute atomic E-state index is 0.00665. The largest absolute Gasteiger partial charge is 0.491 e. The van der Waals surface area contributed by atoms with E-state index in [0.717, 1.165) is 26.3 Å². The van der Waals surface area contributed by atoms with Crippen molar-refractivity contribution in [3.05, 3.63) is 59.2 Å². The number of alkyl halides is 2. The maximum atomic E-state index is 15.3. The van der Waals surface area contributed by atoms with Crippen molar-refractivity contribution >= 4 is 22.6 Å². The molecule has 1 aromatic heterocycles. The summed E-state index contributed by atoms with van der Waals surface area (Å²) in [5, 5.41) is 13.7. The second kappa shape index (κ2) is 9.81. The molecular weight excluding hydrogens is 485 g/mol. The highest BCUT2D eigenvalue weighted by atomic mass is 19.3. The number of aliphatic hydroxyl groups is 1. The van der Waals surface area contributed by atoms with E-state index in [-0.39, 0.29) is 17.5 Å². The van der Waals surface area contributed by atoms with Crippen molar-refractivity contribution in [1.29, 1.82) is 0 Å². The van der Waals surface area contributed by atoms with Gasteiger partial charge in [-0.1, -0.05) is 12.1 Å². The predicted octanol–water partition coefficient (Wildman–Crippen LogP) is 5.11. The topological polar surface area (TPSA) is 87.6 Å². The van der Waals surface area contributed by atoms with Crippen LogP contribution in [-0.2, 0) is 10.7 Å². The fourth-order valence-electron chi connectivity index (χ4n) is 4.41. The number of rotatable bonds is 8. The molecule has 0 radical (unpaired) electrons. The lowest BCUT2D eigenvalue weighted by molar-refractivity contribution is -0.170. The molecule has 10 heteroatoms. The third kappa shape index (κ3) is 5.20. The maximum absolute atomic E-state index is 15.3. The first-order chi connectivity index (χ1) is 17.3. The van der Waals surface area contributed by atoms with E-state index in [1.54, 1.807) is 44.0 Å². The molecule has 0 unspecified atom stereocenters. The molecule has 198 valence electrons. The van der Waals surface area contributed by atoms with Crippen LogP contribution in [0.15, 0.2) is 36.4 Å². The van der Waals surface area contributed by atoms with E-state index in [1.165, 1.54) is 12.1 Å². The molecule has 2 N–H and O–H groups in total. The molecule has 4 rings (SSSR count). The molecule has 3 aromatic rings. The Morgan fingerprint density at radius 3 is 2.62 bits per heavy atom. The van der Waals surface area contributed by atoms with Crippen molar-refractivity contribution in [1.82, 2.24) is 14.9 Å². The zero-order chi connectivity index (χ0) is 27.1. The molecule has 1 fully saturated rings. The van der Waals surface area contributed by atoms with Crippen LogP contribution in [0.4, 0.5) is 19.0 Å². The van der Waals surface area contributed by atoms with Crippen LogP contribution in [0, 0.1) is 12.7 Å². The molecule has 1 amide bonds. The van der Waals surface area contributed by atoms with E-state index in [4.69, 9.17) is 4.74 Å². The minimum Gasteiger partial charge on any atom is -0.491 e. The average Bonchev–Trinajstić information content (AvgIpc) is 3.14. The number of aromatic nitrogens is 2. The number of anilines is 1. The Hall–Kier alpha value is -3.40. The lowest BCUT2D eigenvalue weighted by Gasteiger charge is -2.30. The minimum atomic E-state index is -3.80. The zero-order valence-corrected chi connectivity index (χ0v) is 21.5. The van der Waals surface area contributed by atoms with E-state index in [0.29, 0.717) is 41.3 Å². The number of hydrogen-bond donors (Lipinski definition) is 2. The van der Waals surface area contributed by atoms with Gasteiger partial charge in [-0.05, 0) is 58.4 Å². The monoisotopic (exact) mass is 516 g/mol. The first kappa shape index (κ1) is 26.7. The van der Waals surface area contributed by atoms with Crippen molar-refractivity contribution < 1.29 is 27.8 Å². The molecule has 0 bridgehead atoms. The van der Waals surface area contributed by atoms with Gasteiger partial charge in [-0.2, -0.15) is 8.78 Å². The van der Waals surface area contributed by atoms with E-state index in [2.05, 4.69) is 15.3 Å². The van der Waals surface area contributed by atoms with Crippen molar-refractivity contribution in [3.8, 4) is 5.75 Å². The summed E-state index contributed by atoms with van der Waals surface area (Å²) in [6, 6.07) is 8.31. The number of benzene rings is 2. The number of aryl methyl sites for hydroxylation is 1. The predicted molar refractivity (Wildman–Crippen MR) is 134 cm³/mol. The summed E-state index contributed by atoms with van der Waals surface area (Å²) >= 11 is 0. The van der Waals surface area contributed by atoms with Crippen molar-refractivity contribution in [2.75, 3.05) is 19.0 Å². The summed E-state index contributed by atoms with van der Waals surface area (Å²) in [7, 11) is 1.76. The van der Waals surface area contributed by atoms with E-state index in [9.17, 15) is 18.7 Å². The first-order valence-corrected chi connectivity index (χ1v) is 12.1. The molecule has 37 heavy (non-hydrogen) atoms. The number of ether oxygens (including phenoxy) is 1. The molecule has 7 nitrogen and oxygen atoms in total. The Morgan fingerprint density at radius 1 is 1.24 bits per heavy atom. The number of carbonyl (C=O) groups excluding carboxylic acids is 1. The fourth-order valence-corrected chi connectivity index (χ4v) is 4.41. The van der Waals surface area contributed by atoms with Gasteiger partial charge >= 0.3 is 5.92 Å². The normalized spacial score (nSPS) is 17.4. The molecule has 2 atom stereocenters. The summed E-state index contributed by atoms with van der Waals surface area (Å²) in [6.45, 7) is 5.59. The van der Waals surface area contributed by atoms with Crippen LogP contribution in [0.3, 0.4) is 0 Å². The Morgan fingerprint density at radius 2 is 1.97 bits per heavy atom. The first-order valence-electron chi connectivity index (χ1n) is 12.1. The van der Waals surface area contributed by atoms with Crippen LogP contribution < -0.4 is 10.1 Å². The summed E-state index contributed by atoms with van der Waals surface area (Å²) < 4.78 is 50.8. The number of nitrogens with one attached hydrogen (secondary N) is 1. The highest BCUT2D eigenvalue weighted by molar-refractivity contribution is 5.90. The standard InChI is InChI=1S/C27H31F3N4O3/c1-15(19-7-6-8-21(24(19)28)27(29,30)26(3,4)36)31-25-20-13-18(10-11-22(20)32-16(2)33-25)37-14-17-9-12-23(35)34(17)5/h6-8,10-11,13,15,17,36H,9,12,14H2,1-5H3,(H,31,32,33)/t15-,17+/m1/s1. The van der Waals surface area contributed by atoms with E-state index >= 15 is 4.39 Å². The van der Waals surface area contributed by atoms with Crippen molar-refractivity contribution in [3.63, 3.8) is 0 Å². The van der Waals surface area contributed by atoms with Gasteiger partial charge in [-0.3, -0.25) is 4.79 Å². The SMILES string of the molecule is Cc1nc(N[C@H](C)c2cccc(C(F)(F)C(C)(C)O)c2F)c2cc(OC[C@@H]3CCC(=O)N3C)ccc2n1. The van der Waals surface area contributed by atoms with Crippen LogP contribution in [-0.4, -0.2) is 51.2 Å². The van der Waals surface area contributed by atoms with Gasteiger partial charge < -0.3 is 20.1 Å². The van der Waals surface area contributed by atoms with E-state index in [1.807, 2.05) is 0 Å². The number of hydrogen-bond acceptors (Lipinski definition) is 6. The molecule has 0 spiro atoms. The van der Waals surface area contributed by atoms with Gasteiger partial charge in [-0.15, -0.1) is 0 Å². The van der Waals surface area contributed by atoms with Gasteiger partial charge in [0.2, 0.25) is 5.91 Å². The van der Waals surface area contributed by atoms with Crippen LogP contribution in [0.1, 0.15) is 56.6 Å². The van der Waals surface area contributed by atoms with Crippen LogP contribution in [0.2, 0.25) is 0 Å². The Balaban J connectivity index is 1.62. The number of carbonyl (C=O) groups is 1. The quantitative estimate of drug-likeness (QED) is 0.433. The van der Waals surface area contributed by atoms with Gasteiger partial charge in [0.25, 0.3) is 0 Å². The summed E-state index contributed by atoms with van der Waals surface area (Å²) in [6.07, 6.45) is 1.23. The van der Waals surface area contributed by atoms with Gasteiger partial charge in [0, 0.05) is 24.4 Å².